The van der Waals surface area contributed by atoms with Gasteiger partial charge in [0.05, 0.1) is 19.5 Å². The van der Waals surface area contributed by atoms with E-state index in [2.05, 4.69) is 31.7 Å². The van der Waals surface area contributed by atoms with Crippen molar-refractivity contribution < 1.29 is 44.5 Å². The lowest BCUT2D eigenvalue weighted by atomic mass is 9.76. The molecule has 0 saturated heterocycles. The minimum absolute atomic E-state index is 0.0527. The maximum absolute atomic E-state index is 13.1. The third-order valence-electron chi connectivity index (χ3n) is 5.50. The van der Waals surface area contributed by atoms with E-state index in [0.29, 0.717) is 0 Å². The van der Waals surface area contributed by atoms with Gasteiger partial charge in [0, 0.05) is 6.42 Å². The third-order valence-corrected chi connectivity index (χ3v) is 5.50. The lowest BCUT2D eigenvalue weighted by Crippen LogP contribution is -2.59. The predicted molar refractivity (Wildman–Crippen MR) is 133 cm³/mol. The molecule has 13 nitrogen and oxygen atoms in total. The van der Waals surface area contributed by atoms with E-state index >= 15 is 0 Å². The molecule has 1 rings (SSSR count). The number of nitrogens with one attached hydrogen (secondary N) is 4. The number of carbonyl (C=O) groups excluding carboxylic acids is 5. The summed E-state index contributed by atoms with van der Waals surface area (Å²) in [6.07, 6.45) is -0.836. The number of ether oxygens (including phenoxy) is 1. The SMILES string of the molecule is COC(=O)NC(C(=O)NC(Cc1ccccc1)C(=O)NC(C)C(=O)NC(CCC([NH3+])=O)B(O)O)C(C)C. The Balaban J connectivity index is 2.99. The highest BCUT2D eigenvalue weighted by Gasteiger charge is 2.32. The number of rotatable bonds is 14. The molecule has 204 valence electrons. The number of methoxy groups -OCH3 is 1. The van der Waals surface area contributed by atoms with Crippen LogP contribution < -0.4 is 27.0 Å². The molecule has 0 aliphatic rings. The van der Waals surface area contributed by atoms with Crippen LogP contribution in [0.2, 0.25) is 0 Å². The maximum Gasteiger partial charge on any atom is 0.475 e. The van der Waals surface area contributed by atoms with Crippen molar-refractivity contribution in [3.63, 3.8) is 0 Å². The van der Waals surface area contributed by atoms with Crippen molar-refractivity contribution in [1.82, 2.24) is 21.3 Å². The summed E-state index contributed by atoms with van der Waals surface area (Å²) in [5.74, 6) is -3.91. The largest absolute Gasteiger partial charge is 0.475 e. The van der Waals surface area contributed by atoms with Crippen molar-refractivity contribution in [2.24, 2.45) is 5.92 Å². The van der Waals surface area contributed by atoms with Gasteiger partial charge in [0.2, 0.25) is 17.7 Å². The number of quaternary nitrogens is 1. The summed E-state index contributed by atoms with van der Waals surface area (Å²) in [5, 5.41) is 29.0. The second-order valence-electron chi connectivity index (χ2n) is 8.94. The van der Waals surface area contributed by atoms with Gasteiger partial charge in [0.25, 0.3) is 0 Å². The average molecular weight is 522 g/mol. The molecule has 1 aromatic rings. The molecule has 1 aromatic carbocycles. The van der Waals surface area contributed by atoms with Gasteiger partial charge in [-0.1, -0.05) is 44.2 Å². The number of hydrogen-bond donors (Lipinski definition) is 7. The monoisotopic (exact) mass is 522 g/mol. The Morgan fingerprint density at radius 1 is 0.919 bits per heavy atom. The maximum atomic E-state index is 13.1. The Bertz CT molecular complexity index is 931. The van der Waals surface area contributed by atoms with E-state index in [1.165, 1.54) is 14.0 Å². The summed E-state index contributed by atoms with van der Waals surface area (Å²) in [5.41, 5.74) is 3.95. The minimum Gasteiger partial charge on any atom is -0.453 e. The predicted octanol–water partition coefficient (Wildman–Crippen LogP) is -2.36. The van der Waals surface area contributed by atoms with Crippen LogP contribution in [0.5, 0.6) is 0 Å². The normalized spacial score (nSPS) is 13.9. The molecule has 37 heavy (non-hydrogen) atoms. The highest BCUT2D eigenvalue weighted by molar-refractivity contribution is 6.43. The summed E-state index contributed by atoms with van der Waals surface area (Å²) in [4.78, 5) is 61.5. The molecule has 0 aliphatic heterocycles. The van der Waals surface area contributed by atoms with Crippen LogP contribution in [0.1, 0.15) is 39.2 Å². The first kappa shape index (κ1) is 31.5. The first-order valence-electron chi connectivity index (χ1n) is 11.9. The molecule has 9 N–H and O–H groups in total. The molecule has 14 heteroatoms. The van der Waals surface area contributed by atoms with Gasteiger partial charge in [-0.15, -0.1) is 0 Å². The highest BCUT2D eigenvalue weighted by atomic mass is 16.5. The summed E-state index contributed by atoms with van der Waals surface area (Å²) in [7, 11) is -0.758. The van der Waals surface area contributed by atoms with Crippen LogP contribution in [-0.2, 0) is 30.3 Å². The molecule has 0 radical (unpaired) electrons. The summed E-state index contributed by atoms with van der Waals surface area (Å²) >= 11 is 0. The van der Waals surface area contributed by atoms with Crippen LogP contribution >= 0.6 is 0 Å². The molecule has 0 fully saturated rings. The molecule has 5 amide bonds. The van der Waals surface area contributed by atoms with Crippen LogP contribution in [-0.4, -0.2) is 78.1 Å². The molecule has 0 spiro atoms. The quantitative estimate of drug-likeness (QED) is 0.131. The lowest BCUT2D eigenvalue weighted by Gasteiger charge is -2.26. The summed E-state index contributed by atoms with van der Waals surface area (Å²) in [6.45, 7) is 4.82. The second-order valence-corrected chi connectivity index (χ2v) is 8.94. The van der Waals surface area contributed by atoms with Crippen LogP contribution in [0.25, 0.3) is 0 Å². The first-order chi connectivity index (χ1) is 17.3. The van der Waals surface area contributed by atoms with E-state index in [0.717, 1.165) is 5.56 Å². The Hall–Kier alpha value is -3.49. The fourth-order valence-electron chi connectivity index (χ4n) is 3.34. The van der Waals surface area contributed by atoms with Gasteiger partial charge in [-0.05, 0) is 24.8 Å². The van der Waals surface area contributed by atoms with Gasteiger partial charge in [-0.25, -0.2) is 9.59 Å². The molecule has 0 bridgehead atoms. The van der Waals surface area contributed by atoms with E-state index < -0.39 is 60.9 Å². The van der Waals surface area contributed by atoms with Crippen molar-refractivity contribution in [3.05, 3.63) is 35.9 Å². The van der Waals surface area contributed by atoms with E-state index in [4.69, 9.17) is 0 Å². The fraction of sp³-hybridized carbons (Fsp3) is 0.522. The van der Waals surface area contributed by atoms with Crippen molar-refractivity contribution in [1.29, 1.82) is 0 Å². The van der Waals surface area contributed by atoms with Gasteiger partial charge < -0.3 is 36.1 Å². The Morgan fingerprint density at radius 3 is 2.05 bits per heavy atom. The molecule has 0 aliphatic carbocycles. The van der Waals surface area contributed by atoms with Crippen molar-refractivity contribution in [3.8, 4) is 0 Å². The minimum atomic E-state index is -1.92. The van der Waals surface area contributed by atoms with Gasteiger partial charge in [0.1, 0.15) is 18.1 Å². The number of hydrogen-bond acceptors (Lipinski definition) is 8. The van der Waals surface area contributed by atoms with Gasteiger partial charge in [-0.2, -0.15) is 0 Å². The highest BCUT2D eigenvalue weighted by Crippen LogP contribution is 2.08. The summed E-state index contributed by atoms with van der Waals surface area (Å²) < 4.78 is 4.58. The van der Waals surface area contributed by atoms with Crippen molar-refractivity contribution in [2.45, 2.75) is 64.1 Å². The van der Waals surface area contributed by atoms with Gasteiger partial charge in [-0.3, -0.25) is 20.1 Å². The van der Waals surface area contributed by atoms with Crippen LogP contribution in [0.3, 0.4) is 0 Å². The van der Waals surface area contributed by atoms with E-state index in [1.54, 1.807) is 44.2 Å². The Labute approximate surface area is 216 Å². The van der Waals surface area contributed by atoms with E-state index in [-0.39, 0.29) is 25.2 Å². The van der Waals surface area contributed by atoms with Crippen LogP contribution in [0.15, 0.2) is 30.3 Å². The Morgan fingerprint density at radius 2 is 1.54 bits per heavy atom. The average Bonchev–Trinajstić information content (AvgIpc) is 2.84. The standard InChI is InChI=1S/C23H36BN5O8/c1-13(2)19(29-23(34)37-4)22(33)27-16(12-15-8-6-5-7-9-15)21(32)26-14(3)20(31)28-17(24(35)36)10-11-18(25)30/h5-9,13-14,16-17,19,35-36H,10-12H2,1-4H3,(H2,25,30)(H,26,32)(H,27,33)(H,28,31)(H,29,34)/p+1. The zero-order chi connectivity index (χ0) is 28.1. The van der Waals surface area contributed by atoms with Gasteiger partial charge >= 0.3 is 19.1 Å². The van der Waals surface area contributed by atoms with E-state index in [9.17, 15) is 34.0 Å². The van der Waals surface area contributed by atoms with Gasteiger partial charge in [0.15, 0.2) is 0 Å². The topological polar surface area (TPSA) is 211 Å². The molecule has 0 saturated carbocycles. The number of benzene rings is 1. The van der Waals surface area contributed by atoms with Crippen molar-refractivity contribution in [2.75, 3.05) is 7.11 Å². The second kappa shape index (κ2) is 15.6. The molecular weight excluding hydrogens is 485 g/mol. The lowest BCUT2D eigenvalue weighted by molar-refractivity contribution is -0.305. The number of alkyl carbamates (subject to hydrolysis) is 1. The molecule has 0 heterocycles. The smallest absolute Gasteiger partial charge is 0.453 e. The number of amides is 5. The van der Waals surface area contributed by atoms with Crippen molar-refractivity contribution >= 4 is 36.8 Å². The number of carbonyl (C=O) groups is 5. The van der Waals surface area contributed by atoms with Crippen LogP contribution in [0, 0.1) is 5.92 Å². The Kier molecular flexibility index (Phi) is 13.3. The van der Waals surface area contributed by atoms with Crippen LogP contribution in [0.4, 0.5) is 4.79 Å². The zero-order valence-electron chi connectivity index (χ0n) is 21.5. The zero-order valence-corrected chi connectivity index (χ0v) is 21.5. The third kappa shape index (κ3) is 11.4. The fourth-order valence-corrected chi connectivity index (χ4v) is 3.34. The van der Waals surface area contributed by atoms with E-state index in [1.807, 2.05) is 0 Å². The molecular formula is C23H37BN5O8+. The first-order valence-corrected chi connectivity index (χ1v) is 11.9. The molecule has 4 unspecified atom stereocenters. The summed E-state index contributed by atoms with van der Waals surface area (Å²) in [6, 6.07) is 5.68. The molecule has 4 atom stereocenters. The molecule has 0 aromatic heterocycles.